The highest BCUT2D eigenvalue weighted by Gasteiger charge is 2.09. The average Bonchev–Trinajstić information content (AvgIpc) is 2.87. The van der Waals surface area contributed by atoms with Gasteiger partial charge in [-0.3, -0.25) is 0 Å². The zero-order valence-corrected chi connectivity index (χ0v) is 12.3. The van der Waals surface area contributed by atoms with Crippen LogP contribution < -0.4 is 0 Å². The Morgan fingerprint density at radius 2 is 2.26 bits per heavy atom. The smallest absolute Gasteiger partial charge is 0.339 e. The Morgan fingerprint density at radius 1 is 1.42 bits per heavy atom. The van der Waals surface area contributed by atoms with Gasteiger partial charge in [0.1, 0.15) is 10.9 Å². The number of hydrogen-bond donors (Lipinski definition) is 0. The van der Waals surface area contributed by atoms with Crippen LogP contribution in [-0.2, 0) is 11.2 Å². The highest BCUT2D eigenvalue weighted by atomic mass is 32.2. The maximum Gasteiger partial charge on any atom is 0.339 e. The van der Waals surface area contributed by atoms with Crippen molar-refractivity contribution >= 4 is 29.3 Å². The second-order valence-corrected chi connectivity index (χ2v) is 5.56. The Kier molecular flexibility index (Phi) is 4.86. The van der Waals surface area contributed by atoms with Crippen molar-refractivity contribution in [2.45, 2.75) is 29.6 Å². The minimum absolute atomic E-state index is 0.351. The van der Waals surface area contributed by atoms with Crippen molar-refractivity contribution in [2.24, 2.45) is 0 Å². The number of aromatic nitrogens is 3. The summed E-state index contributed by atoms with van der Waals surface area (Å²) in [7, 11) is 0. The van der Waals surface area contributed by atoms with Gasteiger partial charge >= 0.3 is 5.97 Å². The molecule has 2 aromatic heterocycles. The summed E-state index contributed by atoms with van der Waals surface area (Å²) < 4.78 is 9.96. The largest absolute Gasteiger partial charge is 0.462 e. The Bertz CT molecular complexity index is 554. The summed E-state index contributed by atoms with van der Waals surface area (Å²) >= 11 is 2.80. The van der Waals surface area contributed by atoms with E-state index in [0.29, 0.717) is 12.2 Å². The number of ether oxygens (including phenoxy) is 1. The van der Waals surface area contributed by atoms with Gasteiger partial charge in [0.2, 0.25) is 0 Å². The van der Waals surface area contributed by atoms with Crippen LogP contribution in [0.15, 0.2) is 27.7 Å². The topological polar surface area (TPSA) is 65.0 Å². The molecule has 2 rings (SSSR count). The molecule has 0 saturated heterocycles. The fourth-order valence-electron chi connectivity index (χ4n) is 1.29. The molecule has 0 N–H and O–H groups in total. The van der Waals surface area contributed by atoms with E-state index in [4.69, 9.17) is 4.74 Å². The number of pyridine rings is 1. The predicted molar refractivity (Wildman–Crippen MR) is 73.6 cm³/mol. The van der Waals surface area contributed by atoms with Crippen molar-refractivity contribution in [1.29, 1.82) is 0 Å². The van der Waals surface area contributed by atoms with Crippen molar-refractivity contribution in [3.05, 3.63) is 29.7 Å². The summed E-state index contributed by atoms with van der Waals surface area (Å²) in [4.78, 5) is 20.0. The summed E-state index contributed by atoms with van der Waals surface area (Å²) in [5.74, 6) is 0.492. The molecule has 0 aliphatic carbocycles. The maximum atomic E-state index is 11.5. The molecule has 7 heteroatoms. The molecule has 0 atom stereocenters. The van der Waals surface area contributed by atoms with E-state index >= 15 is 0 Å². The van der Waals surface area contributed by atoms with Crippen LogP contribution in [0.3, 0.4) is 0 Å². The molecule has 0 spiro atoms. The van der Waals surface area contributed by atoms with E-state index in [1.807, 2.05) is 6.92 Å². The van der Waals surface area contributed by atoms with Crippen molar-refractivity contribution in [3.8, 4) is 0 Å². The molecule has 0 unspecified atom stereocenters. The van der Waals surface area contributed by atoms with Crippen LogP contribution in [0.5, 0.6) is 0 Å². The van der Waals surface area contributed by atoms with Crippen molar-refractivity contribution in [1.82, 2.24) is 14.3 Å². The number of rotatable bonds is 5. The quantitative estimate of drug-likeness (QED) is 0.790. The molecule has 19 heavy (non-hydrogen) atoms. The number of esters is 1. The van der Waals surface area contributed by atoms with Crippen LogP contribution in [0.1, 0.15) is 30.0 Å². The molecule has 0 saturated carbocycles. The van der Waals surface area contributed by atoms with Crippen molar-refractivity contribution < 1.29 is 9.53 Å². The summed E-state index contributed by atoms with van der Waals surface area (Å²) in [5.41, 5.74) is 0.456. The van der Waals surface area contributed by atoms with Gasteiger partial charge in [-0.05, 0) is 42.4 Å². The molecule has 0 bridgehead atoms. The zero-order chi connectivity index (χ0) is 13.7. The Morgan fingerprint density at radius 3 is 2.84 bits per heavy atom. The Balaban J connectivity index is 2.04. The molecule has 0 aliphatic rings. The number of nitrogens with zero attached hydrogens (tertiary/aromatic N) is 3. The molecule has 0 fully saturated rings. The molecule has 0 aliphatic heterocycles. The summed E-state index contributed by atoms with van der Waals surface area (Å²) in [6.07, 6.45) is 2.34. The number of carbonyl (C=O) groups is 1. The standard InChI is InChI=1S/C12H13N3O2S2/c1-3-9-14-12(19-15-9)18-10-6-5-8(7-13-10)11(16)17-4-2/h5-7H,3-4H2,1-2H3. The first kappa shape index (κ1) is 14.0. The van der Waals surface area contributed by atoms with Crippen molar-refractivity contribution in [3.63, 3.8) is 0 Å². The lowest BCUT2D eigenvalue weighted by Crippen LogP contribution is -2.04. The van der Waals surface area contributed by atoms with E-state index in [-0.39, 0.29) is 5.97 Å². The molecule has 0 aromatic carbocycles. The number of aryl methyl sites for hydroxylation is 1. The molecule has 0 radical (unpaired) electrons. The van der Waals surface area contributed by atoms with Crippen LogP contribution in [0.25, 0.3) is 0 Å². The van der Waals surface area contributed by atoms with Gasteiger partial charge in [-0.15, -0.1) is 0 Å². The zero-order valence-electron chi connectivity index (χ0n) is 10.6. The first-order valence-corrected chi connectivity index (χ1v) is 7.45. The first-order valence-electron chi connectivity index (χ1n) is 5.86. The van der Waals surface area contributed by atoms with Crippen molar-refractivity contribution in [2.75, 3.05) is 6.61 Å². The number of carbonyl (C=O) groups excluding carboxylic acids is 1. The summed E-state index contributed by atoms with van der Waals surface area (Å²) in [6.45, 7) is 4.15. The van der Waals surface area contributed by atoms with Gasteiger partial charge in [0, 0.05) is 12.6 Å². The fraction of sp³-hybridized carbons (Fsp3) is 0.333. The second kappa shape index (κ2) is 6.63. The lowest BCUT2D eigenvalue weighted by atomic mass is 10.3. The summed E-state index contributed by atoms with van der Waals surface area (Å²) in [5, 5.41) is 0.784. The van der Waals surface area contributed by atoms with Crippen LogP contribution in [0, 0.1) is 0 Å². The molecule has 100 valence electrons. The lowest BCUT2D eigenvalue weighted by Gasteiger charge is -2.01. The third kappa shape index (κ3) is 3.74. The van der Waals surface area contributed by atoms with Gasteiger partial charge in [0.25, 0.3) is 0 Å². The van der Waals surface area contributed by atoms with E-state index in [9.17, 15) is 4.79 Å². The lowest BCUT2D eigenvalue weighted by molar-refractivity contribution is 0.0525. The van der Waals surface area contributed by atoms with Crippen LogP contribution in [-0.4, -0.2) is 26.9 Å². The molecule has 2 aromatic rings. The minimum Gasteiger partial charge on any atom is -0.462 e. The Labute approximate surface area is 119 Å². The van der Waals surface area contributed by atoms with Crippen LogP contribution >= 0.6 is 23.3 Å². The molecule has 2 heterocycles. The Hall–Kier alpha value is -1.47. The fourth-order valence-corrected chi connectivity index (χ4v) is 2.88. The second-order valence-electron chi connectivity index (χ2n) is 3.54. The van der Waals surface area contributed by atoms with Gasteiger partial charge in [-0.25, -0.2) is 14.8 Å². The highest BCUT2D eigenvalue weighted by molar-refractivity contribution is 8.00. The van der Waals surface area contributed by atoms with Gasteiger partial charge in [0.15, 0.2) is 4.34 Å². The van der Waals surface area contributed by atoms with Crippen LogP contribution in [0.2, 0.25) is 0 Å². The molecule has 5 nitrogen and oxygen atoms in total. The van der Waals surface area contributed by atoms with E-state index in [1.165, 1.54) is 29.5 Å². The monoisotopic (exact) mass is 295 g/mol. The molecular weight excluding hydrogens is 282 g/mol. The van der Waals surface area contributed by atoms with E-state index in [1.54, 1.807) is 19.1 Å². The third-order valence-electron chi connectivity index (χ3n) is 2.21. The van der Waals surface area contributed by atoms with E-state index in [2.05, 4.69) is 14.3 Å². The highest BCUT2D eigenvalue weighted by Crippen LogP contribution is 2.27. The first-order chi connectivity index (χ1) is 9.22. The maximum absolute atomic E-state index is 11.5. The molecular formula is C12H13N3O2S2. The predicted octanol–water partition coefficient (Wildman–Crippen LogP) is 2.82. The average molecular weight is 295 g/mol. The number of hydrogen-bond acceptors (Lipinski definition) is 7. The normalized spacial score (nSPS) is 10.4. The van der Waals surface area contributed by atoms with Gasteiger partial charge in [-0.2, -0.15) is 4.37 Å². The molecule has 0 amide bonds. The minimum atomic E-state index is -0.351. The van der Waals surface area contributed by atoms with Gasteiger partial charge < -0.3 is 4.74 Å². The van der Waals surface area contributed by atoms with E-state index in [0.717, 1.165) is 21.6 Å². The van der Waals surface area contributed by atoms with Gasteiger partial charge in [0.05, 0.1) is 12.2 Å². The van der Waals surface area contributed by atoms with Crippen LogP contribution in [0.4, 0.5) is 0 Å². The summed E-state index contributed by atoms with van der Waals surface area (Å²) in [6, 6.07) is 3.49. The SMILES string of the molecule is CCOC(=O)c1ccc(Sc2nc(CC)ns2)nc1. The third-order valence-corrected chi connectivity index (χ3v) is 3.94. The van der Waals surface area contributed by atoms with Gasteiger partial charge in [-0.1, -0.05) is 6.92 Å². The van der Waals surface area contributed by atoms with E-state index < -0.39 is 0 Å².